The lowest BCUT2D eigenvalue weighted by atomic mass is 10.2. The first-order chi connectivity index (χ1) is 13.9. The van der Waals surface area contributed by atoms with Crippen molar-refractivity contribution in [1.29, 1.82) is 0 Å². The summed E-state index contributed by atoms with van der Waals surface area (Å²) in [5.74, 6) is 0.763. The summed E-state index contributed by atoms with van der Waals surface area (Å²) in [7, 11) is -2.18. The van der Waals surface area contributed by atoms with E-state index in [1.165, 1.54) is 16.4 Å². The van der Waals surface area contributed by atoms with Crippen LogP contribution >= 0.6 is 11.6 Å². The van der Waals surface area contributed by atoms with E-state index in [1.807, 2.05) is 24.3 Å². The van der Waals surface area contributed by atoms with Crippen LogP contribution in [0.25, 0.3) is 0 Å². The van der Waals surface area contributed by atoms with Crippen LogP contribution in [0.1, 0.15) is 0 Å². The minimum absolute atomic E-state index is 0.0213. The topological polar surface area (TPSA) is 88.2 Å². The molecule has 8 nitrogen and oxygen atoms in total. The Balaban J connectivity index is 1.51. The number of fused-ring (bicyclic) bond motifs is 1. The van der Waals surface area contributed by atoms with Gasteiger partial charge in [0.2, 0.25) is 10.0 Å². The van der Waals surface area contributed by atoms with Gasteiger partial charge in [0.1, 0.15) is 16.4 Å². The number of carbonyl (C=O) groups is 1. The van der Waals surface area contributed by atoms with E-state index in [2.05, 4.69) is 10.2 Å². The first-order valence-corrected chi connectivity index (χ1v) is 10.9. The number of piperazine rings is 1. The van der Waals surface area contributed by atoms with Crippen LogP contribution in [0, 0.1) is 0 Å². The average Bonchev–Trinajstić information content (AvgIpc) is 2.73. The molecule has 1 fully saturated rings. The van der Waals surface area contributed by atoms with Crippen LogP contribution in [0.15, 0.2) is 41.3 Å². The molecular weight excluding hydrogens is 418 g/mol. The van der Waals surface area contributed by atoms with E-state index in [9.17, 15) is 13.2 Å². The van der Waals surface area contributed by atoms with Gasteiger partial charge >= 0.3 is 0 Å². The summed E-state index contributed by atoms with van der Waals surface area (Å²) in [6, 6.07) is 10.5. The third kappa shape index (κ3) is 3.85. The van der Waals surface area contributed by atoms with Gasteiger partial charge in [0.05, 0.1) is 17.8 Å². The van der Waals surface area contributed by atoms with Crippen molar-refractivity contribution in [3.63, 3.8) is 0 Å². The minimum Gasteiger partial charge on any atom is -0.497 e. The lowest BCUT2D eigenvalue weighted by Gasteiger charge is -2.35. The van der Waals surface area contributed by atoms with E-state index >= 15 is 0 Å². The SMILES string of the molecule is COc1ccc(N2CCN(S(=O)(=O)c3cc4c(cc3Cl)NC(=O)CO4)CC2)cc1. The lowest BCUT2D eigenvalue weighted by molar-refractivity contribution is -0.118. The number of hydrogen-bond acceptors (Lipinski definition) is 6. The van der Waals surface area contributed by atoms with Crippen LogP contribution in [-0.2, 0) is 14.8 Å². The standard InChI is InChI=1S/C19H20ClN3O5S/c1-27-14-4-2-13(3-5-14)22-6-8-23(9-7-22)29(25,26)18-11-17-16(10-15(18)20)21-19(24)12-28-17/h2-5,10-11H,6-9,12H2,1H3,(H,21,24). The fourth-order valence-electron chi connectivity index (χ4n) is 3.40. The van der Waals surface area contributed by atoms with Crippen LogP contribution in [0.2, 0.25) is 5.02 Å². The molecule has 1 saturated heterocycles. The molecule has 2 aromatic rings. The number of nitrogens with zero attached hydrogens (tertiary/aromatic N) is 2. The van der Waals surface area contributed by atoms with Gasteiger partial charge in [0.25, 0.3) is 5.91 Å². The van der Waals surface area contributed by atoms with Crippen molar-refractivity contribution in [3.05, 3.63) is 41.4 Å². The second-order valence-electron chi connectivity index (χ2n) is 6.70. The quantitative estimate of drug-likeness (QED) is 0.788. The summed E-state index contributed by atoms with van der Waals surface area (Å²) in [5, 5.41) is 2.67. The summed E-state index contributed by atoms with van der Waals surface area (Å²) in [4.78, 5) is 13.5. The number of carbonyl (C=O) groups excluding carboxylic acids is 1. The molecule has 154 valence electrons. The molecule has 0 saturated carbocycles. The van der Waals surface area contributed by atoms with Crippen molar-refractivity contribution >= 4 is 38.9 Å². The molecule has 0 atom stereocenters. The summed E-state index contributed by atoms with van der Waals surface area (Å²) in [5.41, 5.74) is 1.38. The molecule has 0 bridgehead atoms. The number of ether oxygens (including phenoxy) is 2. The Morgan fingerprint density at radius 1 is 1.10 bits per heavy atom. The molecular formula is C19H20ClN3O5S. The van der Waals surface area contributed by atoms with E-state index < -0.39 is 10.0 Å². The fraction of sp³-hybridized carbons (Fsp3) is 0.316. The summed E-state index contributed by atoms with van der Waals surface area (Å²) < 4.78 is 38.2. The number of rotatable bonds is 4. The van der Waals surface area contributed by atoms with Crippen molar-refractivity contribution in [1.82, 2.24) is 4.31 Å². The molecule has 0 unspecified atom stereocenters. The zero-order valence-electron chi connectivity index (χ0n) is 15.7. The second-order valence-corrected chi connectivity index (χ2v) is 9.02. The van der Waals surface area contributed by atoms with Crippen molar-refractivity contribution in [2.45, 2.75) is 4.90 Å². The number of sulfonamides is 1. The molecule has 2 aromatic carbocycles. The molecule has 2 aliphatic heterocycles. The largest absolute Gasteiger partial charge is 0.497 e. The first-order valence-electron chi connectivity index (χ1n) is 9.04. The number of hydrogen-bond donors (Lipinski definition) is 1. The molecule has 0 aromatic heterocycles. The smallest absolute Gasteiger partial charge is 0.262 e. The molecule has 0 spiro atoms. The molecule has 0 aliphatic carbocycles. The van der Waals surface area contributed by atoms with E-state index in [0.29, 0.717) is 37.6 Å². The Hall–Kier alpha value is -2.49. The fourth-order valence-corrected chi connectivity index (χ4v) is 5.34. The zero-order chi connectivity index (χ0) is 20.6. The van der Waals surface area contributed by atoms with Crippen LogP contribution in [0.5, 0.6) is 11.5 Å². The highest BCUT2D eigenvalue weighted by molar-refractivity contribution is 7.89. The van der Waals surface area contributed by atoms with Crippen LogP contribution in [-0.4, -0.2) is 58.5 Å². The third-order valence-corrected chi connectivity index (χ3v) is 7.32. The van der Waals surface area contributed by atoms with Crippen LogP contribution in [0.3, 0.4) is 0 Å². The summed E-state index contributed by atoms with van der Waals surface area (Å²) in [6.07, 6.45) is 0. The summed E-state index contributed by atoms with van der Waals surface area (Å²) >= 11 is 6.23. The Morgan fingerprint density at radius 3 is 2.45 bits per heavy atom. The predicted octanol–water partition coefficient (Wildman–Crippen LogP) is 2.19. The number of halogens is 1. The van der Waals surface area contributed by atoms with E-state index in [1.54, 1.807) is 7.11 Å². The Labute approximate surface area is 174 Å². The average molecular weight is 438 g/mol. The van der Waals surface area contributed by atoms with Gasteiger partial charge in [-0.25, -0.2) is 8.42 Å². The molecule has 29 heavy (non-hydrogen) atoms. The van der Waals surface area contributed by atoms with Gasteiger partial charge in [-0.3, -0.25) is 4.79 Å². The van der Waals surface area contributed by atoms with Crippen molar-refractivity contribution in [2.24, 2.45) is 0 Å². The molecule has 10 heteroatoms. The van der Waals surface area contributed by atoms with Crippen molar-refractivity contribution < 1.29 is 22.7 Å². The van der Waals surface area contributed by atoms with Crippen molar-refractivity contribution in [2.75, 3.05) is 50.1 Å². The Bertz CT molecular complexity index is 1030. The highest BCUT2D eigenvalue weighted by Gasteiger charge is 2.32. The summed E-state index contributed by atoms with van der Waals surface area (Å²) in [6.45, 7) is 1.62. The van der Waals surface area contributed by atoms with Crippen molar-refractivity contribution in [3.8, 4) is 11.5 Å². The number of amides is 1. The van der Waals surface area contributed by atoms with E-state index in [4.69, 9.17) is 21.1 Å². The monoisotopic (exact) mass is 437 g/mol. The molecule has 1 amide bonds. The highest BCUT2D eigenvalue weighted by Crippen LogP contribution is 2.37. The molecule has 1 N–H and O–H groups in total. The molecule has 2 aliphatic rings. The van der Waals surface area contributed by atoms with Crippen LogP contribution < -0.4 is 19.7 Å². The second kappa shape index (κ2) is 7.74. The predicted molar refractivity (Wildman–Crippen MR) is 110 cm³/mol. The lowest BCUT2D eigenvalue weighted by Crippen LogP contribution is -2.48. The van der Waals surface area contributed by atoms with Gasteiger partial charge in [0, 0.05) is 37.9 Å². The van der Waals surface area contributed by atoms with Gasteiger partial charge in [-0.2, -0.15) is 4.31 Å². The first kappa shape index (κ1) is 19.8. The normalized spacial score (nSPS) is 17.3. The van der Waals surface area contributed by atoms with Gasteiger partial charge in [-0.15, -0.1) is 0 Å². The molecule has 0 radical (unpaired) electrons. The number of benzene rings is 2. The molecule has 2 heterocycles. The van der Waals surface area contributed by atoms with Gasteiger partial charge < -0.3 is 19.7 Å². The highest BCUT2D eigenvalue weighted by atomic mass is 35.5. The van der Waals surface area contributed by atoms with Crippen LogP contribution in [0.4, 0.5) is 11.4 Å². The van der Waals surface area contributed by atoms with Gasteiger partial charge in [-0.1, -0.05) is 11.6 Å². The Kier molecular flexibility index (Phi) is 5.28. The maximum Gasteiger partial charge on any atom is 0.262 e. The van der Waals surface area contributed by atoms with E-state index in [-0.39, 0.29) is 22.4 Å². The Morgan fingerprint density at radius 2 is 1.79 bits per heavy atom. The number of methoxy groups -OCH3 is 1. The zero-order valence-corrected chi connectivity index (χ0v) is 17.3. The van der Waals surface area contributed by atoms with E-state index in [0.717, 1.165) is 11.4 Å². The van der Waals surface area contributed by atoms with Gasteiger partial charge in [-0.05, 0) is 30.3 Å². The maximum absolute atomic E-state index is 13.1. The minimum atomic E-state index is -3.79. The third-order valence-electron chi connectivity index (χ3n) is 4.96. The number of anilines is 2. The molecule has 4 rings (SSSR count). The maximum atomic E-state index is 13.1. The number of nitrogens with one attached hydrogen (secondary N) is 1. The van der Waals surface area contributed by atoms with Gasteiger partial charge in [0.15, 0.2) is 6.61 Å².